The van der Waals surface area contributed by atoms with Crippen LogP contribution in [0.3, 0.4) is 0 Å². The lowest BCUT2D eigenvalue weighted by atomic mass is 10.0. The van der Waals surface area contributed by atoms with E-state index in [2.05, 4.69) is 15.0 Å². The van der Waals surface area contributed by atoms with Gasteiger partial charge in [-0.15, -0.1) is 0 Å². The number of nitrogens with one attached hydrogen (secondary N) is 2. The first-order valence-electron chi connectivity index (χ1n) is 14.5. The number of amides is 2. The maximum atomic E-state index is 13.3. The highest BCUT2D eigenvalue weighted by Gasteiger charge is 2.33. The molecule has 5 rings (SSSR count). The molecule has 2 aromatic carbocycles. The molecule has 1 fully saturated rings. The lowest BCUT2D eigenvalue weighted by Gasteiger charge is -2.28. The molecular weight excluding hydrogens is 580 g/mol. The van der Waals surface area contributed by atoms with E-state index in [1.54, 1.807) is 67.6 Å². The van der Waals surface area contributed by atoms with Gasteiger partial charge < -0.3 is 19.5 Å². The zero-order valence-corrected chi connectivity index (χ0v) is 26.1. The van der Waals surface area contributed by atoms with Crippen molar-refractivity contribution in [1.82, 2.24) is 19.8 Å². The summed E-state index contributed by atoms with van der Waals surface area (Å²) in [5.41, 5.74) is 1.58. The number of carbonyl (C=O) groups excluding carboxylic acids is 2. The number of pyridine rings is 1. The number of hydrogen-bond donors (Lipinski definition) is 2. The van der Waals surface area contributed by atoms with Gasteiger partial charge in [-0.05, 0) is 86.7 Å². The summed E-state index contributed by atoms with van der Waals surface area (Å²) in [4.78, 5) is 31.6. The van der Waals surface area contributed by atoms with Crippen molar-refractivity contribution in [3.63, 3.8) is 0 Å². The summed E-state index contributed by atoms with van der Waals surface area (Å²) < 4.78 is 36.6. The highest BCUT2D eigenvalue weighted by atomic mass is 32.2. The molecule has 0 spiro atoms. The number of aromatic nitrogens is 2. The number of benzene rings is 2. The Bertz CT molecular complexity index is 1890. The lowest BCUT2D eigenvalue weighted by Crippen LogP contribution is -2.40. The smallest absolute Gasteiger partial charge is 0.410 e. The maximum absolute atomic E-state index is 13.3. The van der Waals surface area contributed by atoms with Gasteiger partial charge in [0, 0.05) is 30.7 Å². The van der Waals surface area contributed by atoms with E-state index < -0.39 is 21.7 Å². The van der Waals surface area contributed by atoms with Crippen molar-refractivity contribution in [1.29, 1.82) is 5.26 Å². The van der Waals surface area contributed by atoms with E-state index >= 15 is 0 Å². The summed E-state index contributed by atoms with van der Waals surface area (Å²) in [7, 11) is -2.23. The van der Waals surface area contributed by atoms with Crippen LogP contribution >= 0.6 is 0 Å². The van der Waals surface area contributed by atoms with Crippen LogP contribution in [0.25, 0.3) is 21.8 Å². The third-order valence-electron chi connectivity index (χ3n) is 7.59. The number of fused-ring (bicyclic) bond motifs is 2. The Morgan fingerprint density at radius 2 is 1.89 bits per heavy atom. The average Bonchev–Trinajstić information content (AvgIpc) is 3.59. The molecule has 4 aromatic rings. The number of anilines is 1. The predicted octanol–water partition coefficient (Wildman–Crippen LogP) is 5.00. The van der Waals surface area contributed by atoms with Crippen LogP contribution in [0.4, 0.5) is 10.5 Å². The Balaban J connectivity index is 1.42. The van der Waals surface area contributed by atoms with Crippen LogP contribution in [0.1, 0.15) is 61.8 Å². The van der Waals surface area contributed by atoms with Gasteiger partial charge in [0.05, 0.1) is 12.3 Å². The van der Waals surface area contributed by atoms with Gasteiger partial charge in [-0.2, -0.15) is 5.26 Å². The van der Waals surface area contributed by atoms with Crippen molar-refractivity contribution in [2.24, 2.45) is 0 Å². The second kappa shape index (κ2) is 12.2. The quantitative estimate of drug-likeness (QED) is 0.283. The van der Waals surface area contributed by atoms with Crippen molar-refractivity contribution in [2.45, 2.75) is 58.2 Å². The molecule has 3 heterocycles. The number of likely N-dealkylation sites (tertiary alicyclic amines) is 1. The van der Waals surface area contributed by atoms with E-state index in [9.17, 15) is 23.3 Å². The normalized spacial score (nSPS) is 15.3. The van der Waals surface area contributed by atoms with Gasteiger partial charge in [-0.25, -0.2) is 18.2 Å². The van der Waals surface area contributed by atoms with Gasteiger partial charge in [0.1, 0.15) is 28.7 Å². The fourth-order valence-corrected chi connectivity index (χ4v) is 6.80. The standard InChI is InChI=1S/C32H36N6O5S/c1-32(2,3)43-31(40)37-14-7-9-26(37)13-15-44(41,42)36-25-16-21-8-5-6-10-27(21)23(17-25)20-38-28(30(39)34-4)18-22-11-12-24(19-33)35-29(22)38/h5-6,8,10-12,16-18,26,36H,7,9,13-15,20H2,1-4H3,(H,34,39)/t26-/m0/s1. The zero-order valence-electron chi connectivity index (χ0n) is 25.3. The molecule has 2 amide bonds. The van der Waals surface area contributed by atoms with Crippen molar-refractivity contribution in [3.8, 4) is 6.07 Å². The number of nitriles is 1. The molecule has 1 atom stereocenters. The molecule has 0 unspecified atom stereocenters. The molecule has 230 valence electrons. The van der Waals surface area contributed by atoms with E-state index in [4.69, 9.17) is 4.74 Å². The molecule has 0 radical (unpaired) electrons. The number of hydrogen-bond acceptors (Lipinski definition) is 7. The van der Waals surface area contributed by atoms with Crippen molar-refractivity contribution in [3.05, 3.63) is 71.5 Å². The molecule has 44 heavy (non-hydrogen) atoms. The molecule has 1 aliphatic heterocycles. The van der Waals surface area contributed by atoms with Crippen molar-refractivity contribution < 1.29 is 22.7 Å². The summed E-state index contributed by atoms with van der Waals surface area (Å²) in [5.74, 6) is -0.474. The first kappa shape index (κ1) is 30.8. The van der Waals surface area contributed by atoms with Crippen LogP contribution < -0.4 is 10.0 Å². The molecule has 1 saturated heterocycles. The van der Waals surface area contributed by atoms with Gasteiger partial charge in [0.25, 0.3) is 5.91 Å². The first-order chi connectivity index (χ1) is 20.9. The van der Waals surface area contributed by atoms with E-state index in [-0.39, 0.29) is 36.4 Å². The van der Waals surface area contributed by atoms with E-state index in [0.717, 1.165) is 29.2 Å². The van der Waals surface area contributed by atoms with Crippen molar-refractivity contribution in [2.75, 3.05) is 24.1 Å². The minimum Gasteiger partial charge on any atom is -0.444 e. The molecule has 12 heteroatoms. The predicted molar refractivity (Wildman–Crippen MR) is 169 cm³/mol. The number of nitrogens with zero attached hydrogens (tertiary/aromatic N) is 4. The van der Waals surface area contributed by atoms with Crippen molar-refractivity contribution >= 4 is 49.5 Å². The van der Waals surface area contributed by atoms with Crippen LogP contribution in [0.2, 0.25) is 0 Å². The Hall–Kier alpha value is -4.63. The van der Waals surface area contributed by atoms with Gasteiger partial charge in [-0.3, -0.25) is 9.52 Å². The van der Waals surface area contributed by atoms with Gasteiger partial charge in [0.2, 0.25) is 10.0 Å². The van der Waals surface area contributed by atoms with E-state index in [1.807, 2.05) is 30.3 Å². The van der Waals surface area contributed by atoms with Gasteiger partial charge >= 0.3 is 6.09 Å². The fourth-order valence-electron chi connectivity index (χ4n) is 5.63. The fraction of sp³-hybridized carbons (Fsp3) is 0.375. The molecular formula is C32H36N6O5S. The second-order valence-corrected chi connectivity index (χ2v) is 13.8. The largest absolute Gasteiger partial charge is 0.444 e. The second-order valence-electron chi connectivity index (χ2n) is 12.0. The van der Waals surface area contributed by atoms with Crippen LogP contribution in [0.15, 0.2) is 54.6 Å². The molecule has 1 aliphatic rings. The number of ether oxygens (including phenoxy) is 1. The SMILES string of the molecule is CNC(=O)c1cc2ccc(C#N)nc2n1Cc1cc(NS(=O)(=O)CC[C@@H]2CCCN2C(=O)OC(C)(C)C)cc2ccccc12. The van der Waals surface area contributed by atoms with Crippen LogP contribution in [0, 0.1) is 11.3 Å². The van der Waals surface area contributed by atoms with Crippen LogP contribution in [-0.2, 0) is 21.3 Å². The zero-order chi connectivity index (χ0) is 31.6. The highest BCUT2D eigenvalue weighted by Crippen LogP contribution is 2.29. The minimum atomic E-state index is -3.77. The molecule has 2 aromatic heterocycles. The van der Waals surface area contributed by atoms with Gasteiger partial charge in [-0.1, -0.05) is 24.3 Å². The first-order valence-corrected chi connectivity index (χ1v) is 16.2. The maximum Gasteiger partial charge on any atom is 0.410 e. The molecule has 0 bridgehead atoms. The molecule has 0 saturated carbocycles. The Morgan fingerprint density at radius 3 is 2.61 bits per heavy atom. The lowest BCUT2D eigenvalue weighted by molar-refractivity contribution is 0.0224. The Labute approximate surface area is 256 Å². The number of carbonyl (C=O) groups is 2. The van der Waals surface area contributed by atoms with E-state index in [0.29, 0.717) is 29.0 Å². The van der Waals surface area contributed by atoms with Crippen LogP contribution in [0.5, 0.6) is 0 Å². The number of sulfonamides is 1. The van der Waals surface area contributed by atoms with Gasteiger partial charge in [0.15, 0.2) is 0 Å². The van der Waals surface area contributed by atoms with Crippen LogP contribution in [-0.4, -0.2) is 65.9 Å². The topological polar surface area (TPSA) is 146 Å². The summed E-state index contributed by atoms with van der Waals surface area (Å²) in [6.07, 6.45) is 1.37. The number of rotatable bonds is 8. The monoisotopic (exact) mass is 616 g/mol. The molecule has 2 N–H and O–H groups in total. The highest BCUT2D eigenvalue weighted by molar-refractivity contribution is 7.92. The Morgan fingerprint density at radius 1 is 1.11 bits per heavy atom. The summed E-state index contributed by atoms with van der Waals surface area (Å²) in [5, 5.41) is 14.5. The minimum absolute atomic E-state index is 0.164. The molecule has 0 aliphatic carbocycles. The molecule has 11 nitrogen and oxygen atoms in total. The third-order valence-corrected chi connectivity index (χ3v) is 8.91. The summed E-state index contributed by atoms with van der Waals surface area (Å²) >= 11 is 0. The summed E-state index contributed by atoms with van der Waals surface area (Å²) in [6, 6.07) is 18.0. The average molecular weight is 617 g/mol. The third kappa shape index (κ3) is 6.78. The van der Waals surface area contributed by atoms with E-state index in [1.165, 1.54) is 0 Å². The summed E-state index contributed by atoms with van der Waals surface area (Å²) in [6.45, 7) is 6.16. The Kier molecular flexibility index (Phi) is 8.52.